The summed E-state index contributed by atoms with van der Waals surface area (Å²) >= 11 is 1.29. The summed E-state index contributed by atoms with van der Waals surface area (Å²) in [6.45, 7) is 0. The van der Waals surface area contributed by atoms with E-state index in [9.17, 15) is 10.0 Å². The van der Waals surface area contributed by atoms with Crippen LogP contribution >= 0.6 is 11.3 Å². The largest absolute Gasteiger partial charge is 0.792 e. The van der Waals surface area contributed by atoms with Crippen LogP contribution < -0.4 is 0 Å². The molecule has 0 saturated carbocycles. The molecule has 0 bridgehead atoms. The first-order valence-corrected chi connectivity index (χ1v) is 3.46. The number of rotatable bonds is 2. The lowest BCUT2D eigenvalue weighted by Gasteiger charge is -1.88. The van der Waals surface area contributed by atoms with Crippen molar-refractivity contribution in [2.45, 2.75) is 0 Å². The van der Waals surface area contributed by atoms with Gasteiger partial charge in [0.1, 0.15) is 0 Å². The van der Waals surface area contributed by atoms with Crippen LogP contribution in [0.5, 0.6) is 0 Å². The molecule has 3 nitrogen and oxygen atoms in total. The molecule has 1 aromatic rings. The van der Waals surface area contributed by atoms with Gasteiger partial charge in [-0.15, -0.1) is 11.3 Å². The van der Waals surface area contributed by atoms with Crippen LogP contribution in [0.25, 0.3) is 0 Å². The third-order valence-electron chi connectivity index (χ3n) is 0.934. The molecule has 0 atom stereocenters. The van der Waals surface area contributed by atoms with Gasteiger partial charge < -0.3 is 10.4 Å². The lowest BCUT2D eigenvalue weighted by Crippen LogP contribution is -1.95. The second-order valence-corrected chi connectivity index (χ2v) is 2.52. The van der Waals surface area contributed by atoms with Crippen molar-refractivity contribution in [1.82, 2.24) is 0 Å². The molecule has 0 fully saturated rings. The van der Waals surface area contributed by atoms with E-state index in [1.54, 1.807) is 17.5 Å². The normalized spacial score (nSPS) is 10.4. The van der Waals surface area contributed by atoms with Gasteiger partial charge in [-0.25, -0.2) is 0 Å². The van der Waals surface area contributed by atoms with Crippen molar-refractivity contribution in [2.75, 3.05) is 0 Å². The minimum Gasteiger partial charge on any atom is -0.792 e. The monoisotopic (exact) mass is 154 g/mol. The molecule has 0 aliphatic rings. The molecule has 0 unspecified atom stereocenters. The first-order chi connectivity index (χ1) is 4.84. The predicted octanol–water partition coefficient (Wildman–Crippen LogP) is 1.50. The molecular weight excluding hydrogens is 150 g/mol. The molecule has 1 heterocycles. The molecular formula is C6H4NO2S-. The van der Waals surface area contributed by atoms with Crippen LogP contribution in [0.2, 0.25) is 0 Å². The van der Waals surface area contributed by atoms with E-state index in [0.29, 0.717) is 4.88 Å². The zero-order chi connectivity index (χ0) is 7.40. The molecule has 0 radical (unpaired) electrons. The minimum atomic E-state index is -0.329. The van der Waals surface area contributed by atoms with Crippen molar-refractivity contribution >= 4 is 23.3 Å². The van der Waals surface area contributed by atoms with E-state index in [1.807, 2.05) is 0 Å². The fourth-order valence-electron chi connectivity index (χ4n) is 0.530. The SMILES string of the molecule is O=C(C=N[O-])c1cccs1. The standard InChI is InChI=1S/C6H5NO2S/c8-5(4-7-9)6-2-1-3-10-6/h1-4,9H/p-1. The molecule has 4 heteroatoms. The summed E-state index contributed by atoms with van der Waals surface area (Å²) in [7, 11) is 0. The van der Waals surface area contributed by atoms with Crippen molar-refractivity contribution in [1.29, 1.82) is 0 Å². The van der Waals surface area contributed by atoms with Crippen molar-refractivity contribution in [2.24, 2.45) is 5.16 Å². The fourth-order valence-corrected chi connectivity index (χ4v) is 1.16. The number of hydrogen-bond donors (Lipinski definition) is 0. The smallest absolute Gasteiger partial charge is 0.213 e. The molecule has 0 spiro atoms. The average Bonchev–Trinajstić information content (AvgIpc) is 2.38. The van der Waals surface area contributed by atoms with Crippen LogP contribution in [0.1, 0.15) is 9.67 Å². The summed E-state index contributed by atoms with van der Waals surface area (Å²) in [5.74, 6) is -0.329. The minimum absolute atomic E-state index is 0.329. The maximum Gasteiger partial charge on any atom is 0.213 e. The molecule has 0 N–H and O–H groups in total. The van der Waals surface area contributed by atoms with Crippen LogP contribution in [-0.4, -0.2) is 12.0 Å². The van der Waals surface area contributed by atoms with E-state index in [-0.39, 0.29) is 5.78 Å². The molecule has 52 valence electrons. The Bertz CT molecular complexity index is 240. The first kappa shape index (κ1) is 6.95. The van der Waals surface area contributed by atoms with Crippen LogP contribution in [0.15, 0.2) is 22.7 Å². The summed E-state index contributed by atoms with van der Waals surface area (Å²) in [6.07, 6.45) is 0.770. The Morgan fingerprint density at radius 2 is 2.60 bits per heavy atom. The van der Waals surface area contributed by atoms with Crippen LogP contribution in [0.4, 0.5) is 0 Å². The van der Waals surface area contributed by atoms with E-state index >= 15 is 0 Å². The lowest BCUT2D eigenvalue weighted by atomic mass is 10.3. The van der Waals surface area contributed by atoms with Gasteiger partial charge in [0.25, 0.3) is 0 Å². The molecule has 0 aromatic carbocycles. The second-order valence-electron chi connectivity index (χ2n) is 1.58. The number of hydrogen-bond acceptors (Lipinski definition) is 4. The Morgan fingerprint density at radius 3 is 3.10 bits per heavy atom. The Kier molecular flexibility index (Phi) is 2.17. The number of carbonyl (C=O) groups excluding carboxylic acids is 1. The zero-order valence-electron chi connectivity index (χ0n) is 4.98. The Labute approximate surface area is 61.6 Å². The van der Waals surface area contributed by atoms with Gasteiger partial charge in [0, 0.05) is 0 Å². The maximum absolute atomic E-state index is 10.8. The average molecular weight is 154 g/mol. The van der Waals surface area contributed by atoms with Crippen molar-refractivity contribution < 1.29 is 4.79 Å². The Hall–Kier alpha value is -1.16. The van der Waals surface area contributed by atoms with Crippen LogP contribution in [0, 0.1) is 5.21 Å². The summed E-state index contributed by atoms with van der Waals surface area (Å²) in [5, 5.41) is 13.7. The van der Waals surface area contributed by atoms with Crippen LogP contribution in [-0.2, 0) is 0 Å². The topological polar surface area (TPSA) is 52.5 Å². The summed E-state index contributed by atoms with van der Waals surface area (Å²) in [6, 6.07) is 3.39. The highest BCUT2D eigenvalue weighted by Crippen LogP contribution is 2.07. The van der Waals surface area contributed by atoms with Crippen LogP contribution in [0.3, 0.4) is 0 Å². The third-order valence-corrected chi connectivity index (χ3v) is 1.82. The Morgan fingerprint density at radius 1 is 1.80 bits per heavy atom. The van der Waals surface area contributed by atoms with E-state index in [4.69, 9.17) is 0 Å². The molecule has 0 aliphatic heterocycles. The molecule has 0 amide bonds. The van der Waals surface area contributed by atoms with Gasteiger partial charge in [0.05, 0.1) is 11.1 Å². The molecule has 0 aliphatic carbocycles. The van der Waals surface area contributed by atoms with Gasteiger partial charge >= 0.3 is 0 Å². The third kappa shape index (κ3) is 1.41. The first-order valence-electron chi connectivity index (χ1n) is 2.58. The van der Waals surface area contributed by atoms with Gasteiger partial charge in [-0.1, -0.05) is 6.07 Å². The fraction of sp³-hybridized carbons (Fsp3) is 0. The molecule has 0 saturated heterocycles. The summed E-state index contributed by atoms with van der Waals surface area (Å²) in [5.41, 5.74) is 0. The number of nitrogens with zero attached hydrogens (tertiary/aromatic N) is 1. The highest BCUT2D eigenvalue weighted by Gasteiger charge is 2.00. The molecule has 1 aromatic heterocycles. The van der Waals surface area contributed by atoms with Crippen molar-refractivity contribution in [3.63, 3.8) is 0 Å². The van der Waals surface area contributed by atoms with Gasteiger partial charge in [-0.3, -0.25) is 4.79 Å². The molecule has 1 rings (SSSR count). The second kappa shape index (κ2) is 3.12. The highest BCUT2D eigenvalue weighted by molar-refractivity contribution is 7.12. The van der Waals surface area contributed by atoms with Crippen molar-refractivity contribution in [3.8, 4) is 0 Å². The van der Waals surface area contributed by atoms with E-state index in [2.05, 4.69) is 5.16 Å². The Balaban J connectivity index is 2.78. The highest BCUT2D eigenvalue weighted by atomic mass is 32.1. The van der Waals surface area contributed by atoms with Gasteiger partial charge in [-0.05, 0) is 11.4 Å². The van der Waals surface area contributed by atoms with E-state index in [1.165, 1.54) is 11.3 Å². The van der Waals surface area contributed by atoms with Gasteiger partial charge in [0.15, 0.2) is 0 Å². The predicted molar refractivity (Wildman–Crippen MR) is 40.5 cm³/mol. The van der Waals surface area contributed by atoms with E-state index in [0.717, 1.165) is 6.21 Å². The van der Waals surface area contributed by atoms with E-state index < -0.39 is 0 Å². The van der Waals surface area contributed by atoms with Gasteiger partial charge in [-0.2, -0.15) is 0 Å². The number of ketones is 1. The maximum atomic E-state index is 10.8. The number of thiophene rings is 1. The molecule has 10 heavy (non-hydrogen) atoms. The number of carbonyl (C=O) groups is 1. The van der Waals surface area contributed by atoms with Gasteiger partial charge in [0.2, 0.25) is 5.78 Å². The van der Waals surface area contributed by atoms with Crippen molar-refractivity contribution in [3.05, 3.63) is 27.6 Å². The zero-order valence-corrected chi connectivity index (χ0v) is 5.80. The summed E-state index contributed by atoms with van der Waals surface area (Å²) < 4.78 is 0. The number of Topliss-reactive ketones (excluding diaryl/α,β-unsaturated/α-hetero) is 1. The lowest BCUT2D eigenvalue weighted by molar-refractivity contribution is 0.107. The quantitative estimate of drug-likeness (QED) is 0.368. The summed E-state index contributed by atoms with van der Waals surface area (Å²) in [4.78, 5) is 11.3.